The third-order valence-electron chi connectivity index (χ3n) is 1.21. The Morgan fingerprint density at radius 2 is 2.00 bits per heavy atom. The molecule has 0 N–H and O–H groups in total. The van der Waals surface area contributed by atoms with Gasteiger partial charge in [-0.3, -0.25) is 0 Å². The largest absolute Gasteiger partial charge is 0.247 e. The van der Waals surface area contributed by atoms with Crippen LogP contribution in [0.4, 0.5) is 13.2 Å². The van der Waals surface area contributed by atoms with E-state index in [1.807, 2.05) is 0 Å². The van der Waals surface area contributed by atoms with Gasteiger partial charge in [-0.05, 0) is 19.8 Å². The van der Waals surface area contributed by atoms with Gasteiger partial charge in [-0.15, -0.1) is 0 Å². The Morgan fingerprint density at radius 3 is 2.30 bits per heavy atom. The minimum absolute atomic E-state index is 0.0794. The van der Waals surface area contributed by atoms with Crippen LogP contribution in [0.5, 0.6) is 0 Å². The summed E-state index contributed by atoms with van der Waals surface area (Å²) in [6.45, 7) is 4.06. The van der Waals surface area contributed by atoms with Gasteiger partial charge in [0.2, 0.25) is 5.92 Å². The molecule has 10 heavy (non-hydrogen) atoms. The molecule has 0 aromatic heterocycles. The van der Waals surface area contributed by atoms with Gasteiger partial charge in [0.1, 0.15) is 6.17 Å². The summed E-state index contributed by atoms with van der Waals surface area (Å²) in [6.07, 6.45) is -1.57. The highest BCUT2D eigenvalue weighted by Crippen LogP contribution is 2.21. The van der Waals surface area contributed by atoms with Gasteiger partial charge < -0.3 is 0 Å². The Balaban J connectivity index is 3.36. The molecule has 0 aromatic rings. The second kappa shape index (κ2) is 3.84. The Labute approximate surface area is 59.4 Å². The van der Waals surface area contributed by atoms with Crippen LogP contribution in [0, 0.1) is 6.92 Å². The van der Waals surface area contributed by atoms with Crippen LogP contribution in [0.15, 0.2) is 0 Å². The molecule has 0 spiro atoms. The average Bonchev–Trinajstić information content (AvgIpc) is 1.81. The van der Waals surface area contributed by atoms with Crippen molar-refractivity contribution in [2.24, 2.45) is 0 Å². The third kappa shape index (κ3) is 5.92. The molecule has 3 heteroatoms. The SMILES string of the molecule is [CH2]C[C@H](F)CCC(C)(F)F. The van der Waals surface area contributed by atoms with Crippen LogP contribution >= 0.6 is 0 Å². The first kappa shape index (κ1) is 9.79. The van der Waals surface area contributed by atoms with Crippen LogP contribution < -0.4 is 0 Å². The molecular weight excluding hydrogens is 141 g/mol. The van der Waals surface area contributed by atoms with Crippen LogP contribution in [0.3, 0.4) is 0 Å². The molecule has 1 radical (unpaired) electrons. The maximum atomic E-state index is 12.3. The normalized spacial score (nSPS) is 15.3. The molecule has 0 aliphatic heterocycles. The first-order valence-corrected chi connectivity index (χ1v) is 3.27. The highest BCUT2D eigenvalue weighted by molar-refractivity contribution is 4.64. The maximum absolute atomic E-state index is 12.3. The highest BCUT2D eigenvalue weighted by Gasteiger charge is 2.22. The summed E-state index contributed by atoms with van der Waals surface area (Å²) < 4.78 is 36.3. The van der Waals surface area contributed by atoms with Gasteiger partial charge in [0.25, 0.3) is 0 Å². The van der Waals surface area contributed by atoms with Crippen molar-refractivity contribution in [2.45, 2.75) is 38.3 Å². The van der Waals surface area contributed by atoms with Gasteiger partial charge >= 0.3 is 0 Å². The number of alkyl halides is 3. The summed E-state index contributed by atoms with van der Waals surface area (Å²) in [7, 11) is 0. The van der Waals surface area contributed by atoms with E-state index in [0.29, 0.717) is 0 Å². The number of hydrogen-bond donors (Lipinski definition) is 0. The van der Waals surface area contributed by atoms with Crippen molar-refractivity contribution >= 4 is 0 Å². The molecule has 0 heterocycles. The minimum atomic E-state index is -2.74. The van der Waals surface area contributed by atoms with Crippen molar-refractivity contribution in [1.82, 2.24) is 0 Å². The first-order chi connectivity index (χ1) is 4.45. The van der Waals surface area contributed by atoms with Gasteiger partial charge in [0.15, 0.2) is 0 Å². The van der Waals surface area contributed by atoms with E-state index in [2.05, 4.69) is 6.92 Å². The molecule has 61 valence electrons. The van der Waals surface area contributed by atoms with Gasteiger partial charge in [-0.1, -0.05) is 6.92 Å². The van der Waals surface area contributed by atoms with Crippen molar-refractivity contribution in [2.75, 3.05) is 0 Å². The lowest BCUT2D eigenvalue weighted by Crippen LogP contribution is -2.12. The molecule has 0 nitrogen and oxygen atoms in total. The van der Waals surface area contributed by atoms with E-state index in [4.69, 9.17) is 0 Å². The van der Waals surface area contributed by atoms with Crippen LogP contribution in [-0.2, 0) is 0 Å². The lowest BCUT2D eigenvalue weighted by Gasteiger charge is -2.10. The Morgan fingerprint density at radius 1 is 1.50 bits per heavy atom. The quantitative estimate of drug-likeness (QED) is 0.582. The summed E-state index contributed by atoms with van der Waals surface area (Å²) in [6, 6.07) is 0. The Bertz CT molecular complexity index is 85.3. The molecule has 0 fully saturated rings. The van der Waals surface area contributed by atoms with Crippen molar-refractivity contribution in [1.29, 1.82) is 0 Å². The smallest absolute Gasteiger partial charge is 0.245 e. The van der Waals surface area contributed by atoms with Gasteiger partial charge in [-0.25, -0.2) is 13.2 Å². The van der Waals surface area contributed by atoms with Crippen molar-refractivity contribution in [3.8, 4) is 0 Å². The predicted octanol–water partition coefficient (Wildman–Crippen LogP) is 2.98. The zero-order valence-electron chi connectivity index (χ0n) is 6.04. The fourth-order valence-electron chi connectivity index (χ4n) is 0.554. The van der Waals surface area contributed by atoms with Gasteiger partial charge in [-0.2, -0.15) is 0 Å². The van der Waals surface area contributed by atoms with Crippen molar-refractivity contribution in [3.63, 3.8) is 0 Å². The van der Waals surface area contributed by atoms with Crippen LogP contribution in [-0.4, -0.2) is 12.1 Å². The predicted molar refractivity (Wildman–Crippen MR) is 34.7 cm³/mol. The van der Waals surface area contributed by atoms with E-state index in [9.17, 15) is 13.2 Å². The molecule has 0 aromatic carbocycles. The molecule has 0 saturated heterocycles. The Hall–Kier alpha value is -0.210. The van der Waals surface area contributed by atoms with Crippen molar-refractivity contribution < 1.29 is 13.2 Å². The summed E-state index contributed by atoms with van der Waals surface area (Å²) in [5, 5.41) is 0. The van der Waals surface area contributed by atoms with Gasteiger partial charge in [0.05, 0.1) is 0 Å². The van der Waals surface area contributed by atoms with Crippen LogP contribution in [0.25, 0.3) is 0 Å². The molecule has 0 aliphatic carbocycles. The molecule has 0 unspecified atom stereocenters. The minimum Gasteiger partial charge on any atom is -0.247 e. The Kier molecular flexibility index (Phi) is 3.76. The fourth-order valence-corrected chi connectivity index (χ4v) is 0.554. The lowest BCUT2D eigenvalue weighted by atomic mass is 10.1. The van der Waals surface area contributed by atoms with Gasteiger partial charge in [0, 0.05) is 6.42 Å². The standard InChI is InChI=1S/C7H12F3/c1-3-6(8)4-5-7(2,9)10/h6H,1,3-5H2,2H3/t6-/m0/s1. The zero-order chi connectivity index (χ0) is 8.20. The molecule has 0 rings (SSSR count). The molecule has 0 aliphatic rings. The second-order valence-electron chi connectivity index (χ2n) is 2.49. The molecule has 0 saturated carbocycles. The first-order valence-electron chi connectivity index (χ1n) is 3.27. The summed E-state index contributed by atoms with van der Waals surface area (Å²) in [5.74, 6) is -2.74. The molecular formula is C7H12F3. The zero-order valence-corrected chi connectivity index (χ0v) is 6.04. The van der Waals surface area contributed by atoms with E-state index in [0.717, 1.165) is 6.92 Å². The van der Waals surface area contributed by atoms with E-state index in [1.54, 1.807) is 0 Å². The fraction of sp³-hybridized carbons (Fsp3) is 0.857. The maximum Gasteiger partial charge on any atom is 0.245 e. The van der Waals surface area contributed by atoms with E-state index in [1.165, 1.54) is 0 Å². The lowest BCUT2D eigenvalue weighted by molar-refractivity contribution is 0.00479. The van der Waals surface area contributed by atoms with E-state index < -0.39 is 12.1 Å². The number of hydrogen-bond acceptors (Lipinski definition) is 0. The van der Waals surface area contributed by atoms with Crippen LogP contribution in [0.2, 0.25) is 0 Å². The highest BCUT2D eigenvalue weighted by atomic mass is 19.3. The third-order valence-corrected chi connectivity index (χ3v) is 1.21. The molecule has 0 amide bonds. The summed E-state index contributed by atoms with van der Waals surface area (Å²) in [4.78, 5) is 0. The monoisotopic (exact) mass is 153 g/mol. The number of halogens is 3. The molecule has 0 bridgehead atoms. The molecule has 1 atom stereocenters. The van der Waals surface area contributed by atoms with E-state index >= 15 is 0 Å². The second-order valence-corrected chi connectivity index (χ2v) is 2.49. The van der Waals surface area contributed by atoms with Crippen LogP contribution in [0.1, 0.15) is 26.2 Å². The van der Waals surface area contributed by atoms with Crippen molar-refractivity contribution in [3.05, 3.63) is 6.92 Å². The summed E-state index contributed by atoms with van der Waals surface area (Å²) in [5.41, 5.74) is 0. The summed E-state index contributed by atoms with van der Waals surface area (Å²) >= 11 is 0. The van der Waals surface area contributed by atoms with E-state index in [-0.39, 0.29) is 19.3 Å². The number of rotatable bonds is 4. The average molecular weight is 153 g/mol. The topological polar surface area (TPSA) is 0 Å².